The predicted molar refractivity (Wildman–Crippen MR) is 82.7 cm³/mol. The number of hydrogen-bond donors (Lipinski definition) is 2. The van der Waals surface area contributed by atoms with Gasteiger partial charge in [-0.25, -0.2) is 0 Å². The number of nitrogens with zero attached hydrogens (tertiary/aromatic N) is 1. The zero-order valence-corrected chi connectivity index (χ0v) is 11.5. The molecule has 1 aliphatic heterocycles. The minimum absolute atomic E-state index is 0.0630. The molecule has 1 aliphatic rings. The van der Waals surface area contributed by atoms with Gasteiger partial charge < -0.3 is 10.4 Å². The number of para-hydroxylation sites is 1. The molecule has 2 aromatic carbocycles. The lowest BCUT2D eigenvalue weighted by atomic mass is 9.94. The number of aliphatic hydroxyl groups is 1. The van der Waals surface area contributed by atoms with Crippen LogP contribution < -0.4 is 5.32 Å². The summed E-state index contributed by atoms with van der Waals surface area (Å²) in [5.74, 6) is 0. The van der Waals surface area contributed by atoms with Crippen molar-refractivity contribution in [1.82, 2.24) is 10.3 Å². The molecule has 0 saturated heterocycles. The highest BCUT2D eigenvalue weighted by molar-refractivity contribution is 5.82. The molecule has 1 aromatic heterocycles. The fraction of sp³-hybridized carbons (Fsp3) is 0.167. The summed E-state index contributed by atoms with van der Waals surface area (Å²) in [7, 11) is 0. The van der Waals surface area contributed by atoms with Gasteiger partial charge in [-0.15, -0.1) is 0 Å². The van der Waals surface area contributed by atoms with Gasteiger partial charge in [0.1, 0.15) is 0 Å². The van der Waals surface area contributed by atoms with Gasteiger partial charge in [0.05, 0.1) is 17.7 Å². The molecule has 0 amide bonds. The number of rotatable bonds is 2. The molecule has 0 saturated carbocycles. The molecule has 3 nitrogen and oxygen atoms in total. The Morgan fingerprint density at radius 3 is 2.81 bits per heavy atom. The molecule has 0 bridgehead atoms. The van der Waals surface area contributed by atoms with Crippen LogP contribution in [0.5, 0.6) is 0 Å². The Kier molecular flexibility index (Phi) is 2.95. The molecule has 2 heterocycles. The third-order valence-electron chi connectivity index (χ3n) is 4.22. The minimum Gasteiger partial charge on any atom is -0.386 e. The standard InChI is InChI=1S/C18H16N2O/c21-18(17-13-6-2-1-5-12(13)11-20-17)15-9-10-19-16-8-4-3-7-14(15)16/h1-10,17-18,20-21H,11H2. The highest BCUT2D eigenvalue weighted by Gasteiger charge is 2.29. The lowest BCUT2D eigenvalue weighted by Gasteiger charge is -2.21. The topological polar surface area (TPSA) is 45.2 Å². The van der Waals surface area contributed by atoms with Gasteiger partial charge in [0.15, 0.2) is 0 Å². The molecule has 2 N–H and O–H groups in total. The Morgan fingerprint density at radius 2 is 1.86 bits per heavy atom. The fourth-order valence-corrected chi connectivity index (χ4v) is 3.17. The molecule has 104 valence electrons. The summed E-state index contributed by atoms with van der Waals surface area (Å²) < 4.78 is 0. The van der Waals surface area contributed by atoms with Gasteiger partial charge in [-0.3, -0.25) is 4.98 Å². The summed E-state index contributed by atoms with van der Waals surface area (Å²) in [6.45, 7) is 0.806. The number of aromatic nitrogens is 1. The van der Waals surface area contributed by atoms with Crippen LogP contribution in [0.3, 0.4) is 0 Å². The summed E-state index contributed by atoms with van der Waals surface area (Å²) in [5, 5.41) is 15.3. The monoisotopic (exact) mass is 276 g/mol. The number of nitrogens with one attached hydrogen (secondary N) is 1. The molecule has 21 heavy (non-hydrogen) atoms. The zero-order chi connectivity index (χ0) is 14.2. The summed E-state index contributed by atoms with van der Waals surface area (Å²) >= 11 is 0. The van der Waals surface area contributed by atoms with Gasteiger partial charge in [0, 0.05) is 18.1 Å². The second-order valence-corrected chi connectivity index (χ2v) is 5.42. The molecule has 0 fully saturated rings. The average molecular weight is 276 g/mol. The maximum absolute atomic E-state index is 10.9. The number of pyridine rings is 1. The summed E-state index contributed by atoms with van der Waals surface area (Å²) in [6, 6.07) is 18.1. The van der Waals surface area contributed by atoms with Crippen LogP contribution in [0.25, 0.3) is 10.9 Å². The molecule has 2 unspecified atom stereocenters. The van der Waals surface area contributed by atoms with E-state index in [4.69, 9.17) is 0 Å². The fourth-order valence-electron chi connectivity index (χ4n) is 3.17. The van der Waals surface area contributed by atoms with E-state index in [-0.39, 0.29) is 6.04 Å². The predicted octanol–water partition coefficient (Wildman–Crippen LogP) is 3.11. The van der Waals surface area contributed by atoms with Crippen LogP contribution in [0, 0.1) is 0 Å². The molecule has 0 aliphatic carbocycles. The number of fused-ring (bicyclic) bond motifs is 2. The van der Waals surface area contributed by atoms with Crippen molar-refractivity contribution >= 4 is 10.9 Å². The normalized spacial score (nSPS) is 18.6. The van der Waals surface area contributed by atoms with E-state index < -0.39 is 6.10 Å². The Hall–Kier alpha value is -2.23. The van der Waals surface area contributed by atoms with Crippen LogP contribution >= 0.6 is 0 Å². The van der Waals surface area contributed by atoms with Crippen molar-refractivity contribution in [3.05, 3.63) is 77.5 Å². The van der Waals surface area contributed by atoms with Gasteiger partial charge in [0.2, 0.25) is 0 Å². The van der Waals surface area contributed by atoms with Crippen LogP contribution in [-0.2, 0) is 6.54 Å². The highest BCUT2D eigenvalue weighted by Crippen LogP contribution is 2.37. The molecule has 4 rings (SSSR count). The molecule has 2 atom stereocenters. The van der Waals surface area contributed by atoms with Crippen LogP contribution in [0.4, 0.5) is 0 Å². The number of benzene rings is 2. The van der Waals surface area contributed by atoms with Gasteiger partial charge >= 0.3 is 0 Å². The van der Waals surface area contributed by atoms with E-state index in [2.05, 4.69) is 22.4 Å². The van der Waals surface area contributed by atoms with Gasteiger partial charge in [-0.05, 0) is 28.8 Å². The molecule has 0 spiro atoms. The summed E-state index contributed by atoms with van der Waals surface area (Å²) in [6.07, 6.45) is 1.18. The van der Waals surface area contributed by atoms with E-state index in [0.29, 0.717) is 0 Å². The second kappa shape index (κ2) is 4.95. The van der Waals surface area contributed by atoms with Crippen molar-refractivity contribution in [2.24, 2.45) is 0 Å². The molecular weight excluding hydrogens is 260 g/mol. The second-order valence-electron chi connectivity index (χ2n) is 5.42. The lowest BCUT2D eigenvalue weighted by Crippen LogP contribution is -2.20. The van der Waals surface area contributed by atoms with Crippen molar-refractivity contribution in [2.45, 2.75) is 18.7 Å². The first-order chi connectivity index (χ1) is 10.3. The van der Waals surface area contributed by atoms with E-state index in [9.17, 15) is 5.11 Å². The SMILES string of the molecule is OC(c1ccnc2ccccc12)C1NCc2ccccc21. The molecule has 3 aromatic rings. The first kappa shape index (κ1) is 12.5. The third-order valence-corrected chi connectivity index (χ3v) is 4.22. The smallest absolute Gasteiger partial charge is 0.0991 e. The maximum Gasteiger partial charge on any atom is 0.0991 e. The van der Waals surface area contributed by atoms with Crippen LogP contribution in [0.2, 0.25) is 0 Å². The largest absolute Gasteiger partial charge is 0.386 e. The number of hydrogen-bond acceptors (Lipinski definition) is 3. The van der Waals surface area contributed by atoms with E-state index in [1.807, 2.05) is 42.5 Å². The third kappa shape index (κ3) is 2.02. The molecule has 0 radical (unpaired) electrons. The Morgan fingerprint density at radius 1 is 1.05 bits per heavy atom. The van der Waals surface area contributed by atoms with Crippen LogP contribution in [-0.4, -0.2) is 10.1 Å². The van der Waals surface area contributed by atoms with E-state index in [0.717, 1.165) is 23.0 Å². The van der Waals surface area contributed by atoms with E-state index in [1.54, 1.807) is 6.20 Å². The Labute approximate surface area is 123 Å². The lowest BCUT2D eigenvalue weighted by molar-refractivity contribution is 0.135. The van der Waals surface area contributed by atoms with Crippen LogP contribution in [0.15, 0.2) is 60.8 Å². The highest BCUT2D eigenvalue weighted by atomic mass is 16.3. The minimum atomic E-state index is -0.582. The molecular formula is C18H16N2O. The quantitative estimate of drug-likeness (QED) is 0.756. The number of aliphatic hydroxyl groups excluding tert-OH is 1. The average Bonchev–Trinajstić information content (AvgIpc) is 2.98. The van der Waals surface area contributed by atoms with Gasteiger partial charge in [-0.1, -0.05) is 42.5 Å². The van der Waals surface area contributed by atoms with Gasteiger partial charge in [-0.2, -0.15) is 0 Å². The summed E-state index contributed by atoms with van der Waals surface area (Å²) in [5.41, 5.74) is 4.29. The Bertz CT molecular complexity index is 795. The van der Waals surface area contributed by atoms with E-state index in [1.165, 1.54) is 11.1 Å². The zero-order valence-electron chi connectivity index (χ0n) is 11.5. The first-order valence-corrected chi connectivity index (χ1v) is 7.17. The van der Waals surface area contributed by atoms with E-state index >= 15 is 0 Å². The van der Waals surface area contributed by atoms with Crippen molar-refractivity contribution in [3.8, 4) is 0 Å². The van der Waals surface area contributed by atoms with Gasteiger partial charge in [0.25, 0.3) is 0 Å². The van der Waals surface area contributed by atoms with Crippen molar-refractivity contribution in [2.75, 3.05) is 0 Å². The van der Waals surface area contributed by atoms with Crippen LogP contribution in [0.1, 0.15) is 28.8 Å². The first-order valence-electron chi connectivity index (χ1n) is 7.17. The van der Waals surface area contributed by atoms with Crippen molar-refractivity contribution in [1.29, 1.82) is 0 Å². The maximum atomic E-state index is 10.9. The summed E-state index contributed by atoms with van der Waals surface area (Å²) in [4.78, 5) is 4.36. The Balaban J connectivity index is 1.80. The van der Waals surface area contributed by atoms with Crippen molar-refractivity contribution < 1.29 is 5.11 Å². The molecule has 3 heteroatoms. The van der Waals surface area contributed by atoms with Crippen molar-refractivity contribution in [3.63, 3.8) is 0 Å².